The van der Waals surface area contributed by atoms with Crippen LogP contribution in [0.25, 0.3) is 0 Å². The molecule has 104 valence electrons. The molecule has 1 aliphatic heterocycles. The van der Waals surface area contributed by atoms with Crippen LogP contribution in [-0.4, -0.2) is 36.9 Å². The molecule has 0 saturated carbocycles. The van der Waals surface area contributed by atoms with E-state index in [-0.39, 0.29) is 5.78 Å². The molecular formula is C16H23NO2. The Bertz CT molecular complexity index is 431. The zero-order valence-corrected chi connectivity index (χ0v) is 11.9. The molecule has 1 heterocycles. The monoisotopic (exact) mass is 261 g/mol. The number of benzene rings is 1. The zero-order chi connectivity index (χ0) is 13.7. The standard InChI is InChI=1S/C16H23NO2/c1-13-6-5-9-17(12-13)10-11-19-16-8-4-3-7-15(16)14(2)18/h3-4,7-8,13H,5-6,9-12H2,1-2H3/t13-/m0/s1. The minimum absolute atomic E-state index is 0.0576. The number of likely N-dealkylation sites (tertiary alicyclic amines) is 1. The van der Waals surface area contributed by atoms with Gasteiger partial charge in [-0.05, 0) is 44.4 Å². The Morgan fingerprint density at radius 2 is 2.21 bits per heavy atom. The predicted octanol–water partition coefficient (Wildman–Crippen LogP) is 3.00. The summed E-state index contributed by atoms with van der Waals surface area (Å²) in [6, 6.07) is 7.47. The minimum Gasteiger partial charge on any atom is -0.491 e. The molecule has 1 aliphatic rings. The smallest absolute Gasteiger partial charge is 0.163 e. The number of carbonyl (C=O) groups excluding carboxylic acids is 1. The zero-order valence-electron chi connectivity index (χ0n) is 11.9. The largest absolute Gasteiger partial charge is 0.491 e. The number of ketones is 1. The summed E-state index contributed by atoms with van der Waals surface area (Å²) in [6.07, 6.45) is 2.62. The Kier molecular flexibility index (Phi) is 4.97. The Hall–Kier alpha value is -1.35. The number of piperidine rings is 1. The van der Waals surface area contributed by atoms with Gasteiger partial charge in [0.15, 0.2) is 5.78 Å². The number of para-hydroxylation sites is 1. The second-order valence-corrected chi connectivity index (χ2v) is 5.45. The highest BCUT2D eigenvalue weighted by Gasteiger charge is 2.16. The summed E-state index contributed by atoms with van der Waals surface area (Å²) in [5.41, 5.74) is 0.675. The van der Waals surface area contributed by atoms with Crippen LogP contribution in [0, 0.1) is 5.92 Å². The van der Waals surface area contributed by atoms with E-state index in [9.17, 15) is 4.79 Å². The Balaban J connectivity index is 1.84. The fourth-order valence-corrected chi connectivity index (χ4v) is 2.66. The van der Waals surface area contributed by atoms with Gasteiger partial charge in [-0.25, -0.2) is 0 Å². The second-order valence-electron chi connectivity index (χ2n) is 5.45. The van der Waals surface area contributed by atoms with Crippen molar-refractivity contribution in [3.8, 4) is 5.75 Å². The molecule has 0 bridgehead atoms. The SMILES string of the molecule is CC(=O)c1ccccc1OCCN1CCC[C@H](C)C1. The van der Waals surface area contributed by atoms with Crippen LogP contribution in [0.5, 0.6) is 5.75 Å². The lowest BCUT2D eigenvalue weighted by molar-refractivity contribution is 0.101. The lowest BCUT2D eigenvalue weighted by Crippen LogP contribution is -2.37. The molecule has 0 aliphatic carbocycles. The highest BCUT2D eigenvalue weighted by molar-refractivity contribution is 5.96. The molecule has 1 aromatic carbocycles. The maximum absolute atomic E-state index is 11.5. The topological polar surface area (TPSA) is 29.5 Å². The van der Waals surface area contributed by atoms with Gasteiger partial charge in [-0.15, -0.1) is 0 Å². The number of hydrogen-bond acceptors (Lipinski definition) is 3. The van der Waals surface area contributed by atoms with Gasteiger partial charge in [0.05, 0.1) is 5.56 Å². The van der Waals surface area contributed by atoms with Crippen LogP contribution in [0.4, 0.5) is 0 Å². The number of rotatable bonds is 5. The van der Waals surface area contributed by atoms with Crippen LogP contribution in [0.1, 0.15) is 37.0 Å². The van der Waals surface area contributed by atoms with Crippen molar-refractivity contribution in [2.75, 3.05) is 26.2 Å². The first-order valence-corrected chi connectivity index (χ1v) is 7.12. The number of Topliss-reactive ketones (excluding diaryl/α,β-unsaturated/α-hetero) is 1. The molecule has 19 heavy (non-hydrogen) atoms. The molecule has 1 aromatic rings. The normalized spacial score (nSPS) is 20.2. The molecule has 0 radical (unpaired) electrons. The highest BCUT2D eigenvalue weighted by atomic mass is 16.5. The average molecular weight is 261 g/mol. The van der Waals surface area contributed by atoms with Crippen molar-refractivity contribution in [3.63, 3.8) is 0 Å². The quantitative estimate of drug-likeness (QED) is 0.763. The van der Waals surface area contributed by atoms with E-state index in [4.69, 9.17) is 4.74 Å². The van der Waals surface area contributed by atoms with Crippen molar-refractivity contribution >= 4 is 5.78 Å². The van der Waals surface area contributed by atoms with Crippen molar-refractivity contribution in [2.45, 2.75) is 26.7 Å². The first kappa shape index (κ1) is 14.1. The first-order valence-electron chi connectivity index (χ1n) is 7.12. The summed E-state index contributed by atoms with van der Waals surface area (Å²) in [4.78, 5) is 13.9. The van der Waals surface area contributed by atoms with Crippen LogP contribution >= 0.6 is 0 Å². The molecule has 3 nitrogen and oxygen atoms in total. The maximum Gasteiger partial charge on any atom is 0.163 e. The summed E-state index contributed by atoms with van der Waals surface area (Å²) in [7, 11) is 0. The van der Waals surface area contributed by atoms with Crippen molar-refractivity contribution < 1.29 is 9.53 Å². The van der Waals surface area contributed by atoms with Crippen LogP contribution in [0.3, 0.4) is 0 Å². The Labute approximate surface area is 115 Å². The van der Waals surface area contributed by atoms with Crippen molar-refractivity contribution in [1.29, 1.82) is 0 Å². The minimum atomic E-state index is 0.0576. The predicted molar refractivity (Wildman–Crippen MR) is 76.8 cm³/mol. The van der Waals surface area contributed by atoms with E-state index >= 15 is 0 Å². The third-order valence-corrected chi connectivity index (χ3v) is 3.67. The summed E-state index contributed by atoms with van der Waals surface area (Å²) < 4.78 is 5.77. The van der Waals surface area contributed by atoms with E-state index in [2.05, 4.69) is 11.8 Å². The first-order chi connectivity index (χ1) is 9.16. The number of carbonyl (C=O) groups is 1. The van der Waals surface area contributed by atoms with Gasteiger partial charge in [-0.3, -0.25) is 9.69 Å². The second kappa shape index (κ2) is 6.71. The molecular weight excluding hydrogens is 238 g/mol. The van der Waals surface area contributed by atoms with E-state index in [1.165, 1.54) is 19.4 Å². The Morgan fingerprint density at radius 3 is 2.95 bits per heavy atom. The third kappa shape index (κ3) is 4.06. The molecule has 0 aromatic heterocycles. The summed E-state index contributed by atoms with van der Waals surface area (Å²) in [5.74, 6) is 1.56. The molecule has 0 spiro atoms. The van der Waals surface area contributed by atoms with E-state index in [0.29, 0.717) is 17.9 Å². The average Bonchev–Trinajstić information content (AvgIpc) is 2.39. The van der Waals surface area contributed by atoms with Gasteiger partial charge >= 0.3 is 0 Å². The third-order valence-electron chi connectivity index (χ3n) is 3.67. The van der Waals surface area contributed by atoms with Crippen molar-refractivity contribution in [3.05, 3.63) is 29.8 Å². The highest BCUT2D eigenvalue weighted by Crippen LogP contribution is 2.19. The van der Waals surface area contributed by atoms with Gasteiger partial charge in [-0.1, -0.05) is 19.1 Å². The molecule has 1 saturated heterocycles. The number of hydrogen-bond donors (Lipinski definition) is 0. The number of ether oxygens (including phenoxy) is 1. The van der Waals surface area contributed by atoms with E-state index < -0.39 is 0 Å². The molecule has 1 fully saturated rings. The molecule has 0 N–H and O–H groups in total. The van der Waals surface area contributed by atoms with Crippen LogP contribution in [-0.2, 0) is 0 Å². The lowest BCUT2D eigenvalue weighted by Gasteiger charge is -2.30. The molecule has 1 atom stereocenters. The van der Waals surface area contributed by atoms with E-state index in [1.54, 1.807) is 6.92 Å². The van der Waals surface area contributed by atoms with Crippen LogP contribution in [0.15, 0.2) is 24.3 Å². The molecule has 0 amide bonds. The van der Waals surface area contributed by atoms with E-state index in [1.807, 2.05) is 24.3 Å². The Morgan fingerprint density at radius 1 is 1.42 bits per heavy atom. The molecule has 0 unspecified atom stereocenters. The van der Waals surface area contributed by atoms with Gasteiger partial charge in [0, 0.05) is 13.1 Å². The molecule has 3 heteroatoms. The van der Waals surface area contributed by atoms with E-state index in [0.717, 1.165) is 19.0 Å². The summed E-state index contributed by atoms with van der Waals surface area (Å²) in [5, 5.41) is 0. The van der Waals surface area contributed by atoms with Gasteiger partial charge in [0.2, 0.25) is 0 Å². The maximum atomic E-state index is 11.5. The fourth-order valence-electron chi connectivity index (χ4n) is 2.66. The van der Waals surface area contributed by atoms with Crippen molar-refractivity contribution in [1.82, 2.24) is 4.90 Å². The van der Waals surface area contributed by atoms with Crippen molar-refractivity contribution in [2.24, 2.45) is 5.92 Å². The van der Waals surface area contributed by atoms with Gasteiger partial charge in [-0.2, -0.15) is 0 Å². The van der Waals surface area contributed by atoms with Crippen LogP contribution < -0.4 is 4.74 Å². The summed E-state index contributed by atoms with van der Waals surface area (Å²) in [6.45, 7) is 7.81. The van der Waals surface area contributed by atoms with Crippen LogP contribution in [0.2, 0.25) is 0 Å². The summed E-state index contributed by atoms with van der Waals surface area (Å²) >= 11 is 0. The van der Waals surface area contributed by atoms with Gasteiger partial charge < -0.3 is 4.74 Å². The lowest BCUT2D eigenvalue weighted by atomic mass is 10.0. The fraction of sp³-hybridized carbons (Fsp3) is 0.562. The van der Waals surface area contributed by atoms with Gasteiger partial charge in [0.25, 0.3) is 0 Å². The van der Waals surface area contributed by atoms with Gasteiger partial charge in [0.1, 0.15) is 12.4 Å². The molecule has 2 rings (SSSR count). The number of nitrogens with zero attached hydrogens (tertiary/aromatic N) is 1.